The van der Waals surface area contributed by atoms with Crippen LogP contribution in [0, 0.1) is 0 Å². The molecule has 0 radical (unpaired) electrons. The van der Waals surface area contributed by atoms with Crippen molar-refractivity contribution in [2.24, 2.45) is 0 Å². The second-order valence-corrected chi connectivity index (χ2v) is 9.11. The highest BCUT2D eigenvalue weighted by molar-refractivity contribution is 7.89. The van der Waals surface area contributed by atoms with Crippen LogP contribution in [0.15, 0.2) is 16.3 Å². The third-order valence-corrected chi connectivity index (χ3v) is 7.62. The lowest BCUT2D eigenvalue weighted by Gasteiger charge is -2.25. The number of aromatic nitrogens is 1. The van der Waals surface area contributed by atoms with E-state index in [1.54, 1.807) is 5.38 Å². The van der Waals surface area contributed by atoms with Gasteiger partial charge in [0.2, 0.25) is 10.0 Å². The maximum absolute atomic E-state index is 12.9. The van der Waals surface area contributed by atoms with Crippen LogP contribution >= 0.6 is 22.7 Å². The number of nitrogens with one attached hydrogen (secondary N) is 1. The van der Waals surface area contributed by atoms with Crippen molar-refractivity contribution in [2.45, 2.75) is 17.9 Å². The van der Waals surface area contributed by atoms with Crippen LogP contribution in [0.3, 0.4) is 0 Å². The molecule has 0 spiro atoms. The smallest absolute Gasteiger partial charge is 0.413 e. The van der Waals surface area contributed by atoms with Crippen LogP contribution in [0.25, 0.3) is 0 Å². The summed E-state index contributed by atoms with van der Waals surface area (Å²) < 4.78 is 36.4. The van der Waals surface area contributed by atoms with Gasteiger partial charge in [0.1, 0.15) is 9.77 Å². The molecule has 9 nitrogen and oxygen atoms in total. The molecule has 1 amide bonds. The number of sulfonamides is 1. The van der Waals surface area contributed by atoms with E-state index in [2.05, 4.69) is 19.8 Å². The zero-order valence-electron chi connectivity index (χ0n) is 13.8. The summed E-state index contributed by atoms with van der Waals surface area (Å²) in [7, 11) is -1.40. The van der Waals surface area contributed by atoms with Crippen molar-refractivity contribution in [3.05, 3.63) is 26.9 Å². The maximum Gasteiger partial charge on any atom is 0.413 e. The van der Waals surface area contributed by atoms with Gasteiger partial charge in [-0.2, -0.15) is 4.31 Å². The lowest BCUT2D eigenvalue weighted by molar-refractivity contribution is 0.0602. The molecule has 12 heteroatoms. The molecule has 0 unspecified atom stereocenters. The molecule has 0 bridgehead atoms. The Labute approximate surface area is 157 Å². The third-order valence-electron chi connectivity index (χ3n) is 3.71. The molecule has 2 aromatic rings. The van der Waals surface area contributed by atoms with E-state index in [9.17, 15) is 18.0 Å². The molecule has 0 aliphatic carbocycles. The number of anilines is 1. The minimum Gasteiger partial charge on any atom is -0.465 e. The number of rotatable bonds is 4. The summed E-state index contributed by atoms with van der Waals surface area (Å²) in [5.74, 6) is -0.682. The van der Waals surface area contributed by atoms with E-state index in [-0.39, 0.29) is 22.9 Å². The second kappa shape index (κ2) is 7.31. The zero-order chi connectivity index (χ0) is 18.9. The normalized spacial score (nSPS) is 14.5. The van der Waals surface area contributed by atoms with Crippen LogP contribution in [0.1, 0.15) is 20.2 Å². The van der Waals surface area contributed by atoms with Crippen LogP contribution in [0.5, 0.6) is 0 Å². The molecule has 0 saturated carbocycles. The molecule has 0 saturated heterocycles. The summed E-state index contributed by atoms with van der Waals surface area (Å²) in [4.78, 5) is 28.1. The molecule has 26 heavy (non-hydrogen) atoms. The lowest BCUT2D eigenvalue weighted by atomic mass is 10.2. The first-order chi connectivity index (χ1) is 12.4. The first-order valence-corrected chi connectivity index (χ1v) is 10.5. The highest BCUT2D eigenvalue weighted by Crippen LogP contribution is 2.33. The Balaban J connectivity index is 1.85. The molecule has 0 atom stereocenters. The van der Waals surface area contributed by atoms with Crippen molar-refractivity contribution < 1.29 is 27.5 Å². The number of fused-ring (bicyclic) bond motifs is 1. The molecule has 3 heterocycles. The highest BCUT2D eigenvalue weighted by Gasteiger charge is 2.34. The average Bonchev–Trinajstić information content (AvgIpc) is 3.26. The van der Waals surface area contributed by atoms with Gasteiger partial charge in [-0.3, -0.25) is 5.32 Å². The Hall–Kier alpha value is -2.02. The van der Waals surface area contributed by atoms with Gasteiger partial charge in [-0.05, 0) is 11.4 Å². The molecule has 1 aliphatic heterocycles. The number of hydrogen-bond acceptors (Lipinski definition) is 9. The Morgan fingerprint density at radius 3 is 2.77 bits per heavy atom. The predicted octanol–water partition coefficient (Wildman–Crippen LogP) is 1.92. The summed E-state index contributed by atoms with van der Waals surface area (Å²) in [6.07, 6.45) is -0.229. The molecule has 0 fully saturated rings. The predicted molar refractivity (Wildman–Crippen MR) is 95.1 cm³/mol. The fraction of sp³-hybridized carbons (Fsp3) is 0.357. The molecule has 1 N–H and O–H groups in total. The van der Waals surface area contributed by atoms with E-state index in [0.29, 0.717) is 11.6 Å². The molecule has 3 rings (SSSR count). The van der Waals surface area contributed by atoms with Crippen LogP contribution in [0.2, 0.25) is 0 Å². The van der Waals surface area contributed by atoms with Gasteiger partial charge in [0.15, 0.2) is 5.13 Å². The fourth-order valence-corrected chi connectivity index (χ4v) is 6.26. The number of esters is 1. The van der Waals surface area contributed by atoms with Gasteiger partial charge in [0.05, 0.1) is 26.5 Å². The molecular weight excluding hydrogens is 402 g/mol. The van der Waals surface area contributed by atoms with E-state index in [0.717, 1.165) is 21.9 Å². The number of methoxy groups -OCH3 is 2. The number of amides is 1. The standard InChI is InChI=1S/C14H15N3O6S3/c1-22-12(18)11-10(4-6-24-11)26(20,21)17-5-3-8-9(7-17)25-13(15-8)16-14(19)23-2/h4,6H,3,5,7H2,1-2H3,(H,15,16,19). The summed E-state index contributed by atoms with van der Waals surface area (Å²) >= 11 is 2.21. The third kappa shape index (κ3) is 3.45. The van der Waals surface area contributed by atoms with E-state index >= 15 is 0 Å². The van der Waals surface area contributed by atoms with Crippen molar-refractivity contribution in [3.8, 4) is 0 Å². The monoisotopic (exact) mass is 417 g/mol. The van der Waals surface area contributed by atoms with E-state index in [1.807, 2.05) is 0 Å². The minimum absolute atomic E-state index is 0.0515. The van der Waals surface area contributed by atoms with Crippen LogP contribution in [-0.4, -0.2) is 50.5 Å². The second-order valence-electron chi connectivity index (χ2n) is 5.20. The van der Waals surface area contributed by atoms with Gasteiger partial charge in [-0.15, -0.1) is 11.3 Å². The first kappa shape index (κ1) is 18.8. The molecule has 140 valence electrons. The van der Waals surface area contributed by atoms with Crippen LogP contribution < -0.4 is 5.32 Å². The molecule has 0 aromatic carbocycles. The van der Waals surface area contributed by atoms with Gasteiger partial charge in [0.25, 0.3) is 0 Å². The number of nitrogens with zero attached hydrogens (tertiary/aromatic N) is 2. The van der Waals surface area contributed by atoms with E-state index < -0.39 is 22.1 Å². The largest absolute Gasteiger partial charge is 0.465 e. The quantitative estimate of drug-likeness (QED) is 0.756. The maximum atomic E-state index is 12.9. The van der Waals surface area contributed by atoms with Crippen molar-refractivity contribution in [1.29, 1.82) is 0 Å². The van der Waals surface area contributed by atoms with Crippen molar-refractivity contribution >= 4 is 49.9 Å². The zero-order valence-corrected chi connectivity index (χ0v) is 16.3. The van der Waals surface area contributed by atoms with E-state index in [1.165, 1.54) is 35.9 Å². The fourth-order valence-electron chi connectivity index (χ4n) is 2.45. The minimum atomic E-state index is -3.86. The average molecular weight is 417 g/mol. The topological polar surface area (TPSA) is 115 Å². The van der Waals surface area contributed by atoms with Gasteiger partial charge in [-0.25, -0.2) is 23.0 Å². The number of carbonyl (C=O) groups is 2. The van der Waals surface area contributed by atoms with Crippen molar-refractivity contribution in [3.63, 3.8) is 0 Å². The highest BCUT2D eigenvalue weighted by atomic mass is 32.2. The van der Waals surface area contributed by atoms with E-state index in [4.69, 9.17) is 0 Å². The number of ether oxygens (including phenoxy) is 2. The SMILES string of the molecule is COC(=O)Nc1nc2c(s1)CN(S(=O)(=O)c1ccsc1C(=O)OC)CC2. The first-order valence-electron chi connectivity index (χ1n) is 7.36. The summed E-state index contributed by atoms with van der Waals surface area (Å²) in [6.45, 7) is 0.349. The van der Waals surface area contributed by atoms with Gasteiger partial charge in [0, 0.05) is 17.8 Å². The van der Waals surface area contributed by atoms with Gasteiger partial charge >= 0.3 is 12.1 Å². The Morgan fingerprint density at radius 1 is 1.31 bits per heavy atom. The number of carbonyl (C=O) groups excluding carboxylic acids is 2. The molecule has 1 aliphatic rings. The summed E-state index contributed by atoms with van der Waals surface area (Å²) in [5, 5.41) is 4.38. The number of hydrogen-bond donors (Lipinski definition) is 1. The van der Waals surface area contributed by atoms with Crippen molar-refractivity contribution in [1.82, 2.24) is 9.29 Å². The summed E-state index contributed by atoms with van der Waals surface area (Å²) in [6, 6.07) is 1.40. The van der Waals surface area contributed by atoms with Crippen LogP contribution in [0.4, 0.5) is 9.93 Å². The Kier molecular flexibility index (Phi) is 5.27. The Bertz CT molecular complexity index is 949. The Morgan fingerprint density at radius 2 is 2.08 bits per heavy atom. The van der Waals surface area contributed by atoms with Crippen molar-refractivity contribution in [2.75, 3.05) is 26.1 Å². The lowest BCUT2D eigenvalue weighted by Crippen LogP contribution is -2.36. The molecule has 2 aromatic heterocycles. The molecular formula is C14H15N3O6S3. The van der Waals surface area contributed by atoms with Gasteiger partial charge in [-0.1, -0.05) is 11.3 Å². The summed E-state index contributed by atoms with van der Waals surface area (Å²) in [5.41, 5.74) is 0.742. The van der Waals surface area contributed by atoms with Gasteiger partial charge < -0.3 is 9.47 Å². The number of thiazole rings is 1. The number of thiophene rings is 1. The van der Waals surface area contributed by atoms with Crippen LogP contribution in [-0.2, 0) is 32.5 Å².